The molecule has 1 unspecified atom stereocenters. The summed E-state index contributed by atoms with van der Waals surface area (Å²) in [5, 5.41) is 9.29. The van der Waals surface area contributed by atoms with Crippen LogP contribution in [0.25, 0.3) is 0 Å². The fourth-order valence-corrected chi connectivity index (χ4v) is 3.97. The molecule has 5 nitrogen and oxygen atoms in total. The first-order chi connectivity index (χ1) is 12.1. The van der Waals surface area contributed by atoms with Crippen molar-refractivity contribution in [2.75, 3.05) is 44.2 Å². The van der Waals surface area contributed by atoms with Crippen LogP contribution in [0.3, 0.4) is 0 Å². The maximum absolute atomic E-state index is 12.0. The molecule has 0 saturated carbocycles. The van der Waals surface area contributed by atoms with Gasteiger partial charge in [0.25, 0.3) is 0 Å². The molecule has 2 aliphatic heterocycles. The van der Waals surface area contributed by atoms with Crippen molar-refractivity contribution in [2.24, 2.45) is 5.92 Å². The van der Waals surface area contributed by atoms with E-state index in [9.17, 15) is 10.1 Å². The summed E-state index contributed by atoms with van der Waals surface area (Å²) in [6.45, 7) is 10.1. The summed E-state index contributed by atoms with van der Waals surface area (Å²) in [5.41, 5.74) is 1.81. The third kappa shape index (κ3) is 4.13. The fraction of sp³-hybridized carbons (Fsp3) is 0.600. The monoisotopic (exact) mass is 340 g/mol. The minimum absolute atomic E-state index is 0.301. The number of hydrogen-bond acceptors (Lipinski definition) is 4. The first-order valence-corrected chi connectivity index (χ1v) is 9.34. The lowest BCUT2D eigenvalue weighted by Gasteiger charge is -2.41. The second-order valence-electron chi connectivity index (χ2n) is 7.46. The molecule has 0 bridgehead atoms. The number of piperazine rings is 1. The van der Waals surface area contributed by atoms with E-state index in [0.717, 1.165) is 56.9 Å². The average Bonchev–Trinajstić information content (AvgIpc) is 2.63. The zero-order chi connectivity index (χ0) is 17.8. The van der Waals surface area contributed by atoms with Crippen molar-refractivity contribution in [1.29, 1.82) is 5.26 Å². The lowest BCUT2D eigenvalue weighted by atomic mass is 9.95. The number of nitrogens with zero attached hydrogens (tertiary/aromatic N) is 4. The minimum atomic E-state index is 0.301. The molecule has 1 aromatic rings. The third-order valence-corrected chi connectivity index (χ3v) is 5.42. The van der Waals surface area contributed by atoms with Crippen molar-refractivity contribution in [3.8, 4) is 6.07 Å². The normalized spacial score (nSPS) is 22.3. The summed E-state index contributed by atoms with van der Waals surface area (Å²) in [5.74, 6) is 0.891. The fourth-order valence-electron chi connectivity index (χ4n) is 3.97. The highest BCUT2D eigenvalue weighted by Gasteiger charge is 2.29. The summed E-state index contributed by atoms with van der Waals surface area (Å²) < 4.78 is 0. The van der Waals surface area contributed by atoms with Gasteiger partial charge in [0.15, 0.2) is 0 Å². The van der Waals surface area contributed by atoms with Gasteiger partial charge in [0.2, 0.25) is 5.91 Å². The van der Waals surface area contributed by atoms with Gasteiger partial charge in [0.1, 0.15) is 6.07 Å². The van der Waals surface area contributed by atoms with Gasteiger partial charge >= 0.3 is 0 Å². The zero-order valence-corrected chi connectivity index (χ0v) is 15.3. The number of piperidine rings is 1. The topological polar surface area (TPSA) is 50.6 Å². The lowest BCUT2D eigenvalue weighted by molar-refractivity contribution is -0.136. The Morgan fingerprint density at radius 2 is 1.92 bits per heavy atom. The highest BCUT2D eigenvalue weighted by molar-refractivity contribution is 5.77. The molecule has 3 rings (SSSR count). The van der Waals surface area contributed by atoms with Crippen LogP contribution in [0.15, 0.2) is 24.3 Å². The van der Waals surface area contributed by atoms with Gasteiger partial charge in [0, 0.05) is 51.7 Å². The van der Waals surface area contributed by atoms with Gasteiger partial charge in [-0.1, -0.05) is 12.1 Å². The van der Waals surface area contributed by atoms with Gasteiger partial charge < -0.3 is 9.80 Å². The molecule has 0 aliphatic carbocycles. The third-order valence-electron chi connectivity index (χ3n) is 5.42. The summed E-state index contributed by atoms with van der Waals surface area (Å²) in [4.78, 5) is 18.9. The van der Waals surface area contributed by atoms with Crippen LogP contribution in [0.1, 0.15) is 32.3 Å². The van der Waals surface area contributed by atoms with Crippen molar-refractivity contribution in [3.63, 3.8) is 0 Å². The standard InChI is InChI=1S/C20H28N4O/c1-16(2)24-15-17(7-8-20(24)25)14-22-9-11-23(12-10-22)19-6-4-3-5-18(19)13-21/h3-6,16-17H,7-12,14-15H2,1-2H3. The number of amides is 1. The van der Waals surface area contributed by atoms with Crippen molar-refractivity contribution < 1.29 is 4.79 Å². The Labute approximate surface area is 150 Å². The molecule has 5 heteroatoms. The van der Waals surface area contributed by atoms with Crippen LogP contribution < -0.4 is 4.90 Å². The molecular formula is C20H28N4O. The van der Waals surface area contributed by atoms with E-state index in [1.165, 1.54) is 0 Å². The van der Waals surface area contributed by atoms with Crippen molar-refractivity contribution >= 4 is 11.6 Å². The van der Waals surface area contributed by atoms with E-state index in [4.69, 9.17) is 0 Å². The van der Waals surface area contributed by atoms with Crippen LogP contribution in [0.5, 0.6) is 0 Å². The van der Waals surface area contributed by atoms with E-state index in [0.29, 0.717) is 24.3 Å². The van der Waals surface area contributed by atoms with E-state index < -0.39 is 0 Å². The maximum Gasteiger partial charge on any atom is 0.222 e. The Morgan fingerprint density at radius 3 is 2.60 bits per heavy atom. The highest BCUT2D eigenvalue weighted by Crippen LogP contribution is 2.24. The van der Waals surface area contributed by atoms with Crippen LogP contribution >= 0.6 is 0 Å². The number of para-hydroxylation sites is 1. The molecule has 25 heavy (non-hydrogen) atoms. The van der Waals surface area contributed by atoms with Crippen LogP contribution in [0.4, 0.5) is 5.69 Å². The molecule has 2 fully saturated rings. The van der Waals surface area contributed by atoms with Gasteiger partial charge in [-0.25, -0.2) is 0 Å². The number of rotatable bonds is 4. The molecule has 1 aromatic carbocycles. The highest BCUT2D eigenvalue weighted by atomic mass is 16.2. The molecule has 1 amide bonds. The van der Waals surface area contributed by atoms with E-state index in [2.05, 4.69) is 29.7 Å². The molecule has 2 saturated heterocycles. The molecular weight excluding hydrogens is 312 g/mol. The van der Waals surface area contributed by atoms with Gasteiger partial charge in [-0.2, -0.15) is 5.26 Å². The predicted molar refractivity (Wildman–Crippen MR) is 99.4 cm³/mol. The predicted octanol–water partition coefficient (Wildman–Crippen LogP) is 2.33. The zero-order valence-electron chi connectivity index (χ0n) is 15.3. The van der Waals surface area contributed by atoms with Gasteiger partial charge in [0.05, 0.1) is 11.3 Å². The van der Waals surface area contributed by atoms with Gasteiger partial charge in [-0.15, -0.1) is 0 Å². The van der Waals surface area contributed by atoms with E-state index in [1.807, 2.05) is 29.2 Å². The Morgan fingerprint density at radius 1 is 1.20 bits per heavy atom. The second kappa shape index (κ2) is 7.88. The van der Waals surface area contributed by atoms with E-state index in [1.54, 1.807) is 0 Å². The van der Waals surface area contributed by atoms with Crippen LogP contribution in [-0.4, -0.2) is 61.0 Å². The molecule has 0 spiro atoms. The Kier molecular flexibility index (Phi) is 5.60. The molecule has 1 atom stereocenters. The number of hydrogen-bond donors (Lipinski definition) is 0. The molecule has 134 valence electrons. The lowest BCUT2D eigenvalue weighted by Crippen LogP contribution is -2.51. The minimum Gasteiger partial charge on any atom is -0.368 e. The molecule has 0 aromatic heterocycles. The Hall–Kier alpha value is -2.06. The molecule has 2 aliphatic rings. The smallest absolute Gasteiger partial charge is 0.222 e. The first kappa shape index (κ1) is 17.8. The Bertz CT molecular complexity index is 643. The first-order valence-electron chi connectivity index (χ1n) is 9.34. The average molecular weight is 340 g/mol. The summed E-state index contributed by atoms with van der Waals surface area (Å²) in [6, 6.07) is 10.5. The van der Waals surface area contributed by atoms with Crippen molar-refractivity contribution in [1.82, 2.24) is 9.80 Å². The van der Waals surface area contributed by atoms with Gasteiger partial charge in [-0.05, 0) is 38.3 Å². The summed E-state index contributed by atoms with van der Waals surface area (Å²) in [7, 11) is 0. The number of carbonyl (C=O) groups is 1. The largest absolute Gasteiger partial charge is 0.368 e. The molecule has 0 radical (unpaired) electrons. The molecule has 2 heterocycles. The maximum atomic E-state index is 12.0. The van der Waals surface area contributed by atoms with Crippen molar-refractivity contribution in [3.05, 3.63) is 29.8 Å². The van der Waals surface area contributed by atoms with Crippen LogP contribution in [-0.2, 0) is 4.79 Å². The van der Waals surface area contributed by atoms with E-state index >= 15 is 0 Å². The quantitative estimate of drug-likeness (QED) is 0.844. The summed E-state index contributed by atoms with van der Waals surface area (Å²) in [6.07, 6.45) is 1.71. The van der Waals surface area contributed by atoms with Crippen LogP contribution in [0, 0.1) is 17.2 Å². The Balaban J connectivity index is 1.53. The van der Waals surface area contributed by atoms with E-state index in [-0.39, 0.29) is 0 Å². The SMILES string of the molecule is CC(C)N1CC(CN2CCN(c3ccccc3C#N)CC2)CCC1=O. The number of nitriles is 1. The van der Waals surface area contributed by atoms with Crippen LogP contribution in [0.2, 0.25) is 0 Å². The van der Waals surface area contributed by atoms with Gasteiger partial charge in [-0.3, -0.25) is 9.69 Å². The number of carbonyl (C=O) groups excluding carboxylic acids is 1. The number of anilines is 1. The number of benzene rings is 1. The number of likely N-dealkylation sites (tertiary alicyclic amines) is 1. The molecule has 0 N–H and O–H groups in total. The second-order valence-corrected chi connectivity index (χ2v) is 7.46. The van der Waals surface area contributed by atoms with Crippen molar-refractivity contribution in [2.45, 2.75) is 32.7 Å². The summed E-state index contributed by atoms with van der Waals surface area (Å²) >= 11 is 0.